The summed E-state index contributed by atoms with van der Waals surface area (Å²) in [7, 11) is 0. The number of halogens is 3. The molecule has 0 amide bonds. The Balaban J connectivity index is 2.77. The largest absolute Gasteiger partial charge is 0.390 e. The van der Waals surface area contributed by atoms with Crippen molar-refractivity contribution in [2.24, 2.45) is 5.41 Å². The van der Waals surface area contributed by atoms with Gasteiger partial charge in [0.15, 0.2) is 0 Å². The first kappa shape index (κ1) is 16.0. The van der Waals surface area contributed by atoms with E-state index in [1.54, 1.807) is 24.3 Å². The summed E-state index contributed by atoms with van der Waals surface area (Å²) in [6, 6.07) is 8.15. The van der Waals surface area contributed by atoms with Gasteiger partial charge in [0.2, 0.25) is 0 Å². The van der Waals surface area contributed by atoms with Crippen LogP contribution in [0.3, 0.4) is 0 Å². The van der Waals surface area contributed by atoms with Crippen LogP contribution in [0.1, 0.15) is 45.2 Å². The normalized spacial score (nSPS) is 14.4. The fraction of sp³-hybridized carbons (Fsp3) is 0.600. The van der Waals surface area contributed by atoms with E-state index in [-0.39, 0.29) is 5.41 Å². The van der Waals surface area contributed by atoms with Gasteiger partial charge in [-0.1, -0.05) is 51.1 Å². The summed E-state index contributed by atoms with van der Waals surface area (Å²) >= 11 is 0. The monoisotopic (exact) mass is 273 g/mol. The van der Waals surface area contributed by atoms with Crippen LogP contribution in [0.5, 0.6) is 0 Å². The quantitative estimate of drug-likeness (QED) is 0.791. The molecule has 0 aliphatic heterocycles. The predicted molar refractivity (Wildman–Crippen MR) is 71.9 cm³/mol. The zero-order chi connectivity index (χ0) is 14.5. The van der Waals surface area contributed by atoms with Crippen molar-refractivity contribution >= 4 is 0 Å². The molecule has 4 heteroatoms. The predicted octanol–water partition coefficient (Wildman–Crippen LogP) is 4.71. The van der Waals surface area contributed by atoms with Crippen molar-refractivity contribution < 1.29 is 13.2 Å². The molecule has 1 rings (SSSR count). The number of hydrogen-bond donors (Lipinski definition) is 1. The molecule has 1 atom stereocenters. The van der Waals surface area contributed by atoms with Crippen LogP contribution < -0.4 is 5.32 Å². The zero-order valence-electron chi connectivity index (χ0n) is 11.7. The van der Waals surface area contributed by atoms with Crippen LogP contribution >= 0.6 is 0 Å². The summed E-state index contributed by atoms with van der Waals surface area (Å²) in [5, 5.41) is 3.06. The smallest absolute Gasteiger partial charge is 0.309 e. The molecule has 0 radical (unpaired) electrons. The average Bonchev–Trinajstić information content (AvgIpc) is 2.34. The Hall–Kier alpha value is -1.03. The average molecular weight is 273 g/mol. The van der Waals surface area contributed by atoms with Crippen molar-refractivity contribution in [3.8, 4) is 0 Å². The number of benzene rings is 1. The summed E-state index contributed by atoms with van der Waals surface area (Å²) in [5.74, 6) is 0. The minimum Gasteiger partial charge on any atom is -0.309 e. The van der Waals surface area contributed by atoms with Gasteiger partial charge in [0.1, 0.15) is 0 Å². The molecule has 0 aliphatic rings. The van der Waals surface area contributed by atoms with Crippen molar-refractivity contribution in [3.05, 3.63) is 35.9 Å². The summed E-state index contributed by atoms with van der Waals surface area (Å²) in [6.07, 6.45) is -4.08. The Labute approximate surface area is 113 Å². The van der Waals surface area contributed by atoms with E-state index in [1.165, 1.54) is 0 Å². The Morgan fingerprint density at radius 1 is 1.11 bits per heavy atom. The summed E-state index contributed by atoms with van der Waals surface area (Å²) < 4.78 is 38.0. The molecule has 0 aliphatic carbocycles. The molecule has 1 nitrogen and oxygen atoms in total. The van der Waals surface area contributed by atoms with E-state index < -0.39 is 18.6 Å². The second-order valence-corrected chi connectivity index (χ2v) is 5.68. The topological polar surface area (TPSA) is 12.0 Å². The Bertz CT molecular complexity index is 371. The maximum absolute atomic E-state index is 12.7. The van der Waals surface area contributed by atoms with Gasteiger partial charge in [-0.25, -0.2) is 0 Å². The van der Waals surface area contributed by atoms with Crippen LogP contribution in [0.15, 0.2) is 30.3 Å². The number of rotatable bonds is 6. The highest BCUT2D eigenvalue weighted by molar-refractivity contribution is 5.19. The van der Waals surface area contributed by atoms with Crippen molar-refractivity contribution in [2.75, 3.05) is 6.54 Å². The van der Waals surface area contributed by atoms with Gasteiger partial charge in [-0.3, -0.25) is 0 Å². The fourth-order valence-electron chi connectivity index (χ4n) is 1.75. The van der Waals surface area contributed by atoms with Gasteiger partial charge in [0.05, 0.1) is 6.42 Å². The van der Waals surface area contributed by atoms with Crippen molar-refractivity contribution in [3.63, 3.8) is 0 Å². The van der Waals surface area contributed by atoms with E-state index >= 15 is 0 Å². The molecule has 0 bridgehead atoms. The van der Waals surface area contributed by atoms with Gasteiger partial charge in [0.25, 0.3) is 0 Å². The molecule has 0 saturated heterocycles. The lowest BCUT2D eigenvalue weighted by atomic mass is 9.89. The molecule has 0 aromatic heterocycles. The first-order chi connectivity index (χ1) is 8.73. The highest BCUT2D eigenvalue weighted by Gasteiger charge is 2.33. The number of nitrogens with one attached hydrogen (secondary N) is 1. The van der Waals surface area contributed by atoms with Crippen LogP contribution in [-0.4, -0.2) is 12.7 Å². The first-order valence-electron chi connectivity index (χ1n) is 6.58. The number of alkyl halides is 3. The minimum absolute atomic E-state index is 0.00136. The molecular formula is C15H22F3N. The zero-order valence-corrected chi connectivity index (χ0v) is 11.7. The third-order valence-corrected chi connectivity index (χ3v) is 3.42. The minimum atomic E-state index is -4.16. The van der Waals surface area contributed by atoms with E-state index in [9.17, 15) is 13.2 Å². The van der Waals surface area contributed by atoms with Crippen molar-refractivity contribution in [1.29, 1.82) is 0 Å². The van der Waals surface area contributed by atoms with E-state index in [4.69, 9.17) is 0 Å². The molecule has 0 heterocycles. The second-order valence-electron chi connectivity index (χ2n) is 5.68. The van der Waals surface area contributed by atoms with Gasteiger partial charge < -0.3 is 5.32 Å². The molecule has 1 aromatic carbocycles. The molecule has 0 fully saturated rings. The molecule has 0 saturated carbocycles. The SMILES string of the molecule is CCC(C)(C)CNC(CC(F)(F)F)c1ccccc1. The molecule has 1 N–H and O–H groups in total. The fourth-order valence-corrected chi connectivity index (χ4v) is 1.75. The van der Waals surface area contributed by atoms with E-state index in [2.05, 4.69) is 19.2 Å². The van der Waals surface area contributed by atoms with Crippen LogP contribution in [0.4, 0.5) is 13.2 Å². The Kier molecular flexibility index (Phi) is 5.41. The molecule has 19 heavy (non-hydrogen) atoms. The molecule has 0 spiro atoms. The van der Waals surface area contributed by atoms with Gasteiger partial charge in [-0.05, 0) is 17.4 Å². The van der Waals surface area contributed by atoms with E-state index in [0.29, 0.717) is 12.1 Å². The maximum Gasteiger partial charge on any atom is 0.390 e. The van der Waals surface area contributed by atoms with Gasteiger partial charge in [-0.2, -0.15) is 13.2 Å². The lowest BCUT2D eigenvalue weighted by molar-refractivity contribution is -0.140. The molecule has 1 aromatic rings. The van der Waals surface area contributed by atoms with Crippen LogP contribution in [0.2, 0.25) is 0 Å². The summed E-state index contributed by atoms with van der Waals surface area (Å²) in [4.78, 5) is 0. The molecule has 108 valence electrons. The van der Waals surface area contributed by atoms with E-state index in [0.717, 1.165) is 6.42 Å². The van der Waals surface area contributed by atoms with Crippen molar-refractivity contribution in [1.82, 2.24) is 5.32 Å². The van der Waals surface area contributed by atoms with Crippen molar-refractivity contribution in [2.45, 2.75) is 45.8 Å². The molecular weight excluding hydrogens is 251 g/mol. The summed E-state index contributed by atoms with van der Waals surface area (Å²) in [6.45, 7) is 6.72. The first-order valence-corrected chi connectivity index (χ1v) is 6.58. The lowest BCUT2D eigenvalue weighted by Crippen LogP contribution is -2.34. The third-order valence-electron chi connectivity index (χ3n) is 3.42. The Morgan fingerprint density at radius 3 is 2.16 bits per heavy atom. The van der Waals surface area contributed by atoms with Gasteiger partial charge >= 0.3 is 6.18 Å². The maximum atomic E-state index is 12.7. The van der Waals surface area contributed by atoms with Gasteiger partial charge in [0, 0.05) is 12.6 Å². The van der Waals surface area contributed by atoms with Gasteiger partial charge in [-0.15, -0.1) is 0 Å². The highest BCUT2D eigenvalue weighted by atomic mass is 19.4. The highest BCUT2D eigenvalue weighted by Crippen LogP contribution is 2.30. The Morgan fingerprint density at radius 2 is 1.68 bits per heavy atom. The second kappa shape index (κ2) is 6.42. The molecule has 1 unspecified atom stereocenters. The van der Waals surface area contributed by atoms with Crippen LogP contribution in [-0.2, 0) is 0 Å². The summed E-state index contributed by atoms with van der Waals surface area (Å²) in [5.41, 5.74) is 0.685. The number of hydrogen-bond acceptors (Lipinski definition) is 1. The van der Waals surface area contributed by atoms with Crippen LogP contribution in [0.25, 0.3) is 0 Å². The lowest BCUT2D eigenvalue weighted by Gasteiger charge is -2.28. The third kappa shape index (κ3) is 6.10. The van der Waals surface area contributed by atoms with Crippen LogP contribution in [0, 0.1) is 5.41 Å². The van der Waals surface area contributed by atoms with E-state index in [1.807, 2.05) is 13.0 Å². The standard InChI is InChI=1S/C15H22F3N/c1-4-14(2,3)11-19-13(10-15(16,17)18)12-8-6-5-7-9-12/h5-9,13,19H,4,10-11H2,1-3H3.